The Kier molecular flexibility index (Phi) is 4.41. The van der Waals surface area contributed by atoms with E-state index in [9.17, 15) is 0 Å². The van der Waals surface area contributed by atoms with E-state index in [1.807, 2.05) is 12.1 Å². The lowest BCUT2D eigenvalue weighted by molar-refractivity contribution is 0.348. The van der Waals surface area contributed by atoms with Gasteiger partial charge in [0, 0.05) is 10.0 Å². The molecule has 0 spiro atoms. The van der Waals surface area contributed by atoms with Crippen molar-refractivity contribution < 1.29 is 0 Å². The van der Waals surface area contributed by atoms with Gasteiger partial charge in [0.15, 0.2) is 0 Å². The molecular formula is C13H15Cl3. The fraction of sp³-hybridized carbons (Fsp3) is 0.538. The zero-order valence-electron chi connectivity index (χ0n) is 9.06. The predicted octanol–water partition coefficient (Wildman–Crippen LogP) is 5.85. The van der Waals surface area contributed by atoms with E-state index in [0.29, 0.717) is 16.0 Å². The molecule has 1 aliphatic carbocycles. The molecule has 1 saturated carbocycles. The largest absolute Gasteiger partial charge is 0.117 e. The summed E-state index contributed by atoms with van der Waals surface area (Å²) in [6.07, 6.45) is 6.35. The normalized spacial score (nSPS) is 19.7. The number of benzene rings is 1. The number of hydrogen-bond acceptors (Lipinski definition) is 0. The monoisotopic (exact) mass is 276 g/mol. The van der Waals surface area contributed by atoms with Gasteiger partial charge in [-0.25, -0.2) is 0 Å². The summed E-state index contributed by atoms with van der Waals surface area (Å²) in [7, 11) is 0. The molecule has 1 fully saturated rings. The molecule has 0 bridgehead atoms. The van der Waals surface area contributed by atoms with Crippen LogP contribution in [0.5, 0.6) is 0 Å². The fourth-order valence-electron chi connectivity index (χ4n) is 2.41. The Morgan fingerprint density at radius 2 is 1.75 bits per heavy atom. The minimum atomic E-state index is 0.0325. The Labute approximate surface area is 112 Å². The first-order valence-corrected chi connectivity index (χ1v) is 6.97. The zero-order valence-corrected chi connectivity index (χ0v) is 11.3. The highest BCUT2D eigenvalue weighted by molar-refractivity contribution is 6.35. The van der Waals surface area contributed by atoms with Crippen molar-refractivity contribution in [3.05, 3.63) is 33.8 Å². The summed E-state index contributed by atoms with van der Waals surface area (Å²) < 4.78 is 0. The Hall–Kier alpha value is 0.0900. The van der Waals surface area contributed by atoms with Gasteiger partial charge in [0.25, 0.3) is 0 Å². The molecule has 16 heavy (non-hydrogen) atoms. The molecule has 0 heterocycles. The van der Waals surface area contributed by atoms with Gasteiger partial charge in [0.2, 0.25) is 0 Å². The third kappa shape index (κ3) is 2.85. The highest BCUT2D eigenvalue weighted by atomic mass is 35.5. The summed E-state index contributed by atoms with van der Waals surface area (Å²) in [6, 6.07) is 5.59. The lowest BCUT2D eigenvalue weighted by Crippen LogP contribution is -2.12. The van der Waals surface area contributed by atoms with Crippen molar-refractivity contribution in [2.45, 2.75) is 37.5 Å². The fourth-order valence-corrected chi connectivity index (χ4v) is 3.43. The molecule has 3 heteroatoms. The summed E-state index contributed by atoms with van der Waals surface area (Å²) in [5, 5.41) is 1.39. The molecule has 1 aromatic rings. The first-order chi connectivity index (χ1) is 7.68. The molecule has 0 amide bonds. The van der Waals surface area contributed by atoms with Gasteiger partial charge in [-0.05, 0) is 36.5 Å². The number of hydrogen-bond donors (Lipinski definition) is 0. The van der Waals surface area contributed by atoms with Crippen LogP contribution in [0.15, 0.2) is 18.2 Å². The van der Waals surface area contributed by atoms with E-state index >= 15 is 0 Å². The molecule has 0 radical (unpaired) electrons. The molecule has 0 nitrogen and oxygen atoms in total. The molecule has 1 unspecified atom stereocenters. The maximum atomic E-state index is 6.52. The van der Waals surface area contributed by atoms with Crippen LogP contribution < -0.4 is 0 Å². The van der Waals surface area contributed by atoms with Crippen molar-refractivity contribution in [3.8, 4) is 0 Å². The van der Waals surface area contributed by atoms with Crippen LogP contribution in [-0.4, -0.2) is 0 Å². The molecule has 0 saturated heterocycles. The van der Waals surface area contributed by atoms with Gasteiger partial charge in [-0.15, -0.1) is 11.6 Å². The minimum absolute atomic E-state index is 0.0325. The summed E-state index contributed by atoms with van der Waals surface area (Å²) in [5.74, 6) is 0.564. The van der Waals surface area contributed by atoms with E-state index in [4.69, 9.17) is 34.8 Å². The second kappa shape index (κ2) is 5.62. The van der Waals surface area contributed by atoms with Crippen LogP contribution in [0.4, 0.5) is 0 Å². The first kappa shape index (κ1) is 12.5. The Balaban J connectivity index is 2.15. The van der Waals surface area contributed by atoms with Crippen LogP contribution in [0.2, 0.25) is 10.0 Å². The highest BCUT2D eigenvalue weighted by Crippen LogP contribution is 2.41. The Morgan fingerprint density at radius 1 is 1.06 bits per heavy atom. The molecule has 0 aromatic heterocycles. The van der Waals surface area contributed by atoms with Gasteiger partial charge in [-0.2, -0.15) is 0 Å². The summed E-state index contributed by atoms with van der Waals surface area (Å²) in [5.41, 5.74) is 1.03. The number of rotatable bonds is 2. The van der Waals surface area contributed by atoms with E-state index < -0.39 is 0 Å². The minimum Gasteiger partial charge on any atom is -0.117 e. The van der Waals surface area contributed by atoms with Crippen molar-refractivity contribution in [3.63, 3.8) is 0 Å². The van der Waals surface area contributed by atoms with E-state index in [1.165, 1.54) is 32.1 Å². The quantitative estimate of drug-likeness (QED) is 0.595. The van der Waals surface area contributed by atoms with Crippen molar-refractivity contribution in [1.29, 1.82) is 0 Å². The molecule has 0 N–H and O–H groups in total. The van der Waals surface area contributed by atoms with Crippen molar-refractivity contribution in [1.82, 2.24) is 0 Å². The maximum absolute atomic E-state index is 6.52. The smallest absolute Gasteiger partial charge is 0.0628 e. The molecule has 0 aliphatic heterocycles. The van der Waals surface area contributed by atoms with Crippen LogP contribution in [0.25, 0.3) is 0 Å². The van der Waals surface area contributed by atoms with Crippen LogP contribution >= 0.6 is 34.8 Å². The topological polar surface area (TPSA) is 0 Å². The Morgan fingerprint density at radius 3 is 2.38 bits per heavy atom. The van der Waals surface area contributed by atoms with Crippen LogP contribution in [0, 0.1) is 5.92 Å². The van der Waals surface area contributed by atoms with Gasteiger partial charge in [-0.1, -0.05) is 48.5 Å². The van der Waals surface area contributed by atoms with Gasteiger partial charge in [0.05, 0.1) is 5.38 Å². The third-order valence-electron chi connectivity index (χ3n) is 3.32. The zero-order chi connectivity index (χ0) is 11.5. The van der Waals surface area contributed by atoms with Crippen molar-refractivity contribution in [2.75, 3.05) is 0 Å². The third-order valence-corrected chi connectivity index (χ3v) is 4.48. The van der Waals surface area contributed by atoms with Crippen LogP contribution in [0.1, 0.15) is 43.0 Å². The first-order valence-electron chi connectivity index (χ1n) is 5.77. The van der Waals surface area contributed by atoms with Gasteiger partial charge >= 0.3 is 0 Å². The summed E-state index contributed by atoms with van der Waals surface area (Å²) >= 11 is 18.6. The SMILES string of the molecule is Clc1ccc(C(Cl)C2CCCCC2)c(Cl)c1. The average Bonchev–Trinajstić information content (AvgIpc) is 2.29. The second-order valence-corrected chi connectivity index (χ2v) is 5.78. The molecule has 88 valence electrons. The highest BCUT2D eigenvalue weighted by Gasteiger charge is 2.24. The van der Waals surface area contributed by atoms with Gasteiger partial charge in [-0.3, -0.25) is 0 Å². The van der Waals surface area contributed by atoms with E-state index in [1.54, 1.807) is 6.07 Å². The molecule has 1 aromatic carbocycles. The lowest BCUT2D eigenvalue weighted by Gasteiger charge is -2.26. The molecular weight excluding hydrogens is 263 g/mol. The number of alkyl halides is 1. The average molecular weight is 278 g/mol. The molecule has 1 atom stereocenters. The van der Waals surface area contributed by atoms with Gasteiger partial charge < -0.3 is 0 Å². The van der Waals surface area contributed by atoms with Crippen LogP contribution in [0.3, 0.4) is 0 Å². The molecule has 2 rings (SSSR count). The van der Waals surface area contributed by atoms with E-state index in [2.05, 4.69) is 0 Å². The van der Waals surface area contributed by atoms with E-state index in [-0.39, 0.29) is 5.38 Å². The standard InChI is InChI=1S/C13H15Cl3/c14-10-6-7-11(12(15)8-10)13(16)9-4-2-1-3-5-9/h6-9,13H,1-5H2. The number of halogens is 3. The lowest BCUT2D eigenvalue weighted by atomic mass is 9.84. The van der Waals surface area contributed by atoms with Crippen molar-refractivity contribution in [2.24, 2.45) is 5.92 Å². The second-order valence-electron chi connectivity index (χ2n) is 4.47. The Bertz CT molecular complexity index is 356. The van der Waals surface area contributed by atoms with Crippen LogP contribution in [-0.2, 0) is 0 Å². The summed E-state index contributed by atoms with van der Waals surface area (Å²) in [4.78, 5) is 0. The predicted molar refractivity (Wildman–Crippen MR) is 71.6 cm³/mol. The van der Waals surface area contributed by atoms with Crippen molar-refractivity contribution >= 4 is 34.8 Å². The summed E-state index contributed by atoms with van der Waals surface area (Å²) in [6.45, 7) is 0. The molecule has 1 aliphatic rings. The maximum Gasteiger partial charge on any atom is 0.0628 e. The van der Waals surface area contributed by atoms with Gasteiger partial charge in [0.1, 0.15) is 0 Å². The van der Waals surface area contributed by atoms with E-state index in [0.717, 1.165) is 5.56 Å².